The Hall–Kier alpha value is -1.92. The lowest BCUT2D eigenvalue weighted by molar-refractivity contribution is 0.0597. The van der Waals surface area contributed by atoms with Gasteiger partial charge in [0.25, 0.3) is 12.0 Å². The second kappa shape index (κ2) is 4.07. The third-order valence-corrected chi connectivity index (χ3v) is 1.67. The first-order valence-electron chi connectivity index (χ1n) is 3.80. The maximum atomic E-state index is 12.2. The van der Waals surface area contributed by atoms with Gasteiger partial charge in [0.15, 0.2) is 0 Å². The Bertz CT molecular complexity index is 441. The molecule has 0 saturated carbocycles. The van der Waals surface area contributed by atoms with Gasteiger partial charge in [-0.05, 0) is 0 Å². The second-order valence-electron chi connectivity index (χ2n) is 2.60. The van der Waals surface area contributed by atoms with E-state index in [1.807, 2.05) is 0 Å². The number of methoxy groups -OCH3 is 1. The van der Waals surface area contributed by atoms with Crippen molar-refractivity contribution in [1.29, 1.82) is 0 Å². The van der Waals surface area contributed by atoms with Gasteiger partial charge < -0.3 is 14.8 Å². The highest BCUT2D eigenvalue weighted by Crippen LogP contribution is 2.24. The predicted octanol–water partition coefficient (Wildman–Crippen LogP) is 0.805. The summed E-state index contributed by atoms with van der Waals surface area (Å²) in [5, 5.41) is 9.07. The number of aromatic nitrogens is 1. The molecule has 0 spiro atoms. The van der Waals surface area contributed by atoms with Crippen molar-refractivity contribution >= 4 is 5.97 Å². The SMILES string of the molecule is COC(=O)c1cc(O)c(C(F)F)[nH]c1=O. The van der Waals surface area contributed by atoms with Gasteiger partial charge in [-0.15, -0.1) is 0 Å². The van der Waals surface area contributed by atoms with E-state index in [0.29, 0.717) is 6.07 Å². The van der Waals surface area contributed by atoms with Crippen LogP contribution in [0.15, 0.2) is 10.9 Å². The molecule has 15 heavy (non-hydrogen) atoms. The fourth-order valence-corrected chi connectivity index (χ4v) is 0.962. The predicted molar refractivity (Wildman–Crippen MR) is 45.0 cm³/mol. The Morgan fingerprint density at radius 3 is 2.67 bits per heavy atom. The quantitative estimate of drug-likeness (QED) is 0.721. The number of alkyl halides is 2. The summed E-state index contributed by atoms with van der Waals surface area (Å²) in [4.78, 5) is 23.7. The summed E-state index contributed by atoms with van der Waals surface area (Å²) in [5.74, 6) is -1.86. The number of nitrogens with one attached hydrogen (secondary N) is 1. The number of aromatic hydroxyl groups is 1. The third-order valence-electron chi connectivity index (χ3n) is 1.67. The highest BCUT2D eigenvalue weighted by atomic mass is 19.3. The number of ether oxygens (including phenoxy) is 1. The molecule has 0 atom stereocenters. The lowest BCUT2D eigenvalue weighted by atomic mass is 10.2. The number of aromatic amines is 1. The number of H-pyrrole nitrogens is 1. The number of carbonyl (C=O) groups excluding carboxylic acids is 1. The minimum atomic E-state index is -3.02. The monoisotopic (exact) mass is 219 g/mol. The molecule has 2 N–H and O–H groups in total. The Morgan fingerprint density at radius 2 is 2.20 bits per heavy atom. The van der Waals surface area contributed by atoms with Crippen molar-refractivity contribution in [1.82, 2.24) is 4.98 Å². The van der Waals surface area contributed by atoms with Gasteiger partial charge in [0.2, 0.25) is 0 Å². The van der Waals surface area contributed by atoms with Gasteiger partial charge in [-0.3, -0.25) is 4.79 Å². The molecular formula is C8H7F2NO4. The molecule has 0 radical (unpaired) electrons. The van der Waals surface area contributed by atoms with E-state index >= 15 is 0 Å². The van der Waals surface area contributed by atoms with Crippen molar-refractivity contribution in [2.45, 2.75) is 6.43 Å². The summed E-state index contributed by atoms with van der Waals surface area (Å²) in [5.41, 5.74) is -2.48. The van der Waals surface area contributed by atoms with Gasteiger partial charge in [-0.25, -0.2) is 13.6 Å². The minimum absolute atomic E-state index is 0.528. The summed E-state index contributed by atoms with van der Waals surface area (Å²) in [6.07, 6.45) is -3.02. The van der Waals surface area contributed by atoms with Gasteiger partial charge in [0, 0.05) is 6.07 Å². The molecule has 0 aliphatic carbocycles. The van der Waals surface area contributed by atoms with Gasteiger partial charge in [-0.1, -0.05) is 0 Å². The second-order valence-corrected chi connectivity index (χ2v) is 2.60. The molecule has 0 fully saturated rings. The van der Waals surface area contributed by atoms with Crippen molar-refractivity contribution in [3.05, 3.63) is 27.7 Å². The van der Waals surface area contributed by atoms with Crippen molar-refractivity contribution in [2.24, 2.45) is 0 Å². The van der Waals surface area contributed by atoms with Crippen LogP contribution in [0.3, 0.4) is 0 Å². The van der Waals surface area contributed by atoms with E-state index in [9.17, 15) is 18.4 Å². The number of hydrogen-bond acceptors (Lipinski definition) is 4. The van der Waals surface area contributed by atoms with Crippen LogP contribution in [-0.2, 0) is 4.74 Å². The molecule has 1 aromatic heterocycles. The molecule has 0 saturated heterocycles. The van der Waals surface area contributed by atoms with Crippen molar-refractivity contribution in [2.75, 3.05) is 7.11 Å². The highest BCUT2D eigenvalue weighted by Gasteiger charge is 2.19. The number of carbonyl (C=O) groups is 1. The number of halogens is 2. The molecule has 0 aliphatic rings. The van der Waals surface area contributed by atoms with Gasteiger partial charge in [0.05, 0.1) is 7.11 Å². The number of rotatable bonds is 2. The van der Waals surface area contributed by atoms with Gasteiger partial charge in [0.1, 0.15) is 17.0 Å². The fourth-order valence-electron chi connectivity index (χ4n) is 0.962. The number of pyridine rings is 1. The zero-order valence-corrected chi connectivity index (χ0v) is 7.58. The van der Waals surface area contributed by atoms with Crippen LogP contribution in [0.25, 0.3) is 0 Å². The molecule has 0 aromatic carbocycles. The molecule has 0 unspecified atom stereocenters. The van der Waals surface area contributed by atoms with Crippen LogP contribution in [0, 0.1) is 0 Å². The van der Waals surface area contributed by atoms with Crippen LogP contribution in [0.1, 0.15) is 22.5 Å². The van der Waals surface area contributed by atoms with Crippen LogP contribution >= 0.6 is 0 Å². The molecular weight excluding hydrogens is 212 g/mol. The summed E-state index contributed by atoms with van der Waals surface area (Å²) in [6, 6.07) is 0.645. The molecule has 1 aromatic rings. The van der Waals surface area contributed by atoms with E-state index in [1.165, 1.54) is 0 Å². The van der Waals surface area contributed by atoms with Crippen molar-refractivity contribution < 1.29 is 23.4 Å². The lowest BCUT2D eigenvalue weighted by Gasteiger charge is -2.04. The summed E-state index contributed by atoms with van der Waals surface area (Å²) in [6.45, 7) is 0. The van der Waals surface area contributed by atoms with E-state index in [0.717, 1.165) is 7.11 Å². The van der Waals surface area contributed by atoms with Crippen LogP contribution in [0.2, 0.25) is 0 Å². The molecule has 1 rings (SSSR count). The maximum absolute atomic E-state index is 12.2. The minimum Gasteiger partial charge on any atom is -0.506 e. The Labute approximate surface area is 82.3 Å². The zero-order chi connectivity index (χ0) is 11.6. The van der Waals surface area contributed by atoms with E-state index in [-0.39, 0.29) is 0 Å². The standard InChI is InChI=1S/C8H7F2NO4/c1-15-8(14)3-2-4(12)5(6(9)10)11-7(3)13/h2,6,12H,1H3,(H,11,13). The van der Waals surface area contributed by atoms with Crippen molar-refractivity contribution in [3.63, 3.8) is 0 Å². The Morgan fingerprint density at radius 1 is 1.60 bits per heavy atom. The molecule has 0 bridgehead atoms. The zero-order valence-electron chi connectivity index (χ0n) is 7.58. The number of esters is 1. The molecule has 0 aliphatic heterocycles. The summed E-state index contributed by atoms with van der Waals surface area (Å²) >= 11 is 0. The Balaban J connectivity index is 3.32. The van der Waals surface area contributed by atoms with Crippen molar-refractivity contribution in [3.8, 4) is 5.75 Å². The summed E-state index contributed by atoms with van der Waals surface area (Å²) in [7, 11) is 1.03. The first-order valence-corrected chi connectivity index (χ1v) is 3.80. The number of hydrogen-bond donors (Lipinski definition) is 2. The first-order chi connectivity index (χ1) is 6.97. The van der Waals surface area contributed by atoms with Gasteiger partial charge in [-0.2, -0.15) is 0 Å². The van der Waals surface area contributed by atoms with E-state index in [2.05, 4.69) is 4.74 Å². The normalized spacial score (nSPS) is 10.4. The largest absolute Gasteiger partial charge is 0.506 e. The van der Waals surface area contributed by atoms with Gasteiger partial charge >= 0.3 is 5.97 Å². The topological polar surface area (TPSA) is 79.4 Å². The first kappa shape index (κ1) is 11.2. The molecule has 5 nitrogen and oxygen atoms in total. The van der Waals surface area contributed by atoms with E-state index < -0.39 is 35.0 Å². The van der Waals surface area contributed by atoms with Crippen LogP contribution in [-0.4, -0.2) is 23.2 Å². The summed E-state index contributed by atoms with van der Waals surface area (Å²) < 4.78 is 28.6. The Kier molecular flexibility index (Phi) is 3.03. The van der Waals surface area contributed by atoms with Crippen LogP contribution < -0.4 is 5.56 Å². The molecule has 82 valence electrons. The lowest BCUT2D eigenvalue weighted by Crippen LogP contribution is -2.20. The third kappa shape index (κ3) is 2.12. The smallest absolute Gasteiger partial charge is 0.343 e. The highest BCUT2D eigenvalue weighted by molar-refractivity contribution is 5.89. The average Bonchev–Trinajstić information content (AvgIpc) is 2.19. The van der Waals surface area contributed by atoms with E-state index in [4.69, 9.17) is 5.11 Å². The van der Waals surface area contributed by atoms with E-state index in [1.54, 1.807) is 4.98 Å². The maximum Gasteiger partial charge on any atom is 0.343 e. The van der Waals surface area contributed by atoms with Crippen LogP contribution in [0.5, 0.6) is 5.75 Å². The van der Waals surface area contributed by atoms with Crippen LogP contribution in [0.4, 0.5) is 8.78 Å². The fraction of sp³-hybridized carbons (Fsp3) is 0.250. The molecule has 7 heteroatoms. The molecule has 0 amide bonds. The average molecular weight is 219 g/mol. The molecule has 1 heterocycles.